The van der Waals surface area contributed by atoms with E-state index in [2.05, 4.69) is 20.8 Å². The van der Waals surface area contributed by atoms with Crippen LogP contribution < -0.4 is 14.4 Å². The number of benzene rings is 1. The molecule has 3 nitrogen and oxygen atoms in total. The Kier molecular flexibility index (Phi) is 7.26. The van der Waals surface area contributed by atoms with Gasteiger partial charge in [-0.3, -0.25) is 0 Å². The molecule has 0 fully saturated rings. The first-order chi connectivity index (χ1) is 8.81. The first kappa shape index (κ1) is 14.8. The molecular formula is C15H26NO2+. The normalized spacial score (nSPS) is 10.7. The van der Waals surface area contributed by atoms with Crippen molar-refractivity contribution in [2.24, 2.45) is 0 Å². The molecule has 3 heteroatoms. The predicted octanol–water partition coefficient (Wildman–Crippen LogP) is 1.78. The third kappa shape index (κ3) is 4.96. The van der Waals surface area contributed by atoms with Gasteiger partial charge >= 0.3 is 0 Å². The number of likely N-dealkylation sites (N-methyl/N-ethyl adjacent to an activating group) is 1. The van der Waals surface area contributed by atoms with Crippen molar-refractivity contribution in [2.45, 2.75) is 27.2 Å². The quantitative estimate of drug-likeness (QED) is 0.724. The summed E-state index contributed by atoms with van der Waals surface area (Å²) < 4.78 is 11.5. The lowest BCUT2D eigenvalue weighted by Crippen LogP contribution is -3.12. The zero-order valence-electron chi connectivity index (χ0n) is 11.9. The number of para-hydroxylation sites is 2. The minimum absolute atomic E-state index is 0.738. The van der Waals surface area contributed by atoms with Crippen molar-refractivity contribution in [2.75, 3.05) is 32.8 Å². The van der Waals surface area contributed by atoms with E-state index < -0.39 is 0 Å². The lowest BCUT2D eigenvalue weighted by Gasteiger charge is -2.16. The van der Waals surface area contributed by atoms with Gasteiger partial charge < -0.3 is 14.4 Å². The molecule has 0 saturated carbocycles. The monoisotopic (exact) mass is 252 g/mol. The lowest BCUT2D eigenvalue weighted by atomic mass is 10.3. The Morgan fingerprint density at radius 2 is 1.44 bits per heavy atom. The van der Waals surface area contributed by atoms with Gasteiger partial charge in [-0.1, -0.05) is 19.1 Å². The summed E-state index contributed by atoms with van der Waals surface area (Å²) in [4.78, 5) is 1.56. The maximum atomic E-state index is 5.82. The number of rotatable bonds is 9. The van der Waals surface area contributed by atoms with E-state index >= 15 is 0 Å². The van der Waals surface area contributed by atoms with Crippen molar-refractivity contribution in [3.05, 3.63) is 24.3 Å². The molecule has 1 aromatic rings. The fourth-order valence-corrected chi connectivity index (χ4v) is 1.81. The van der Waals surface area contributed by atoms with Gasteiger partial charge in [0.25, 0.3) is 0 Å². The molecule has 0 aromatic heterocycles. The maximum absolute atomic E-state index is 5.82. The van der Waals surface area contributed by atoms with Crippen LogP contribution in [0.3, 0.4) is 0 Å². The number of quaternary nitrogens is 1. The zero-order valence-corrected chi connectivity index (χ0v) is 11.9. The Morgan fingerprint density at radius 1 is 0.889 bits per heavy atom. The average molecular weight is 252 g/mol. The summed E-state index contributed by atoms with van der Waals surface area (Å²) in [5.41, 5.74) is 0. The van der Waals surface area contributed by atoms with Crippen LogP contribution in [0.5, 0.6) is 11.5 Å². The molecule has 0 unspecified atom stereocenters. The van der Waals surface area contributed by atoms with Gasteiger partial charge in [-0.25, -0.2) is 0 Å². The first-order valence-electron chi connectivity index (χ1n) is 6.99. The van der Waals surface area contributed by atoms with Crippen LogP contribution >= 0.6 is 0 Å². The van der Waals surface area contributed by atoms with Crippen LogP contribution in [-0.4, -0.2) is 32.8 Å². The van der Waals surface area contributed by atoms with E-state index in [1.54, 1.807) is 4.90 Å². The minimum atomic E-state index is 0.738. The molecule has 0 bridgehead atoms. The van der Waals surface area contributed by atoms with Crippen molar-refractivity contribution in [1.82, 2.24) is 0 Å². The molecule has 0 saturated heterocycles. The van der Waals surface area contributed by atoms with Gasteiger partial charge in [-0.2, -0.15) is 0 Å². The molecule has 0 amide bonds. The van der Waals surface area contributed by atoms with Crippen molar-refractivity contribution < 1.29 is 14.4 Å². The second-order valence-corrected chi connectivity index (χ2v) is 4.35. The van der Waals surface area contributed by atoms with E-state index in [1.807, 2.05) is 24.3 Å². The standard InChI is InChI=1S/C15H25NO2/c1-4-12-17-14-9-7-8-10-15(14)18-13-11-16(5-2)6-3/h7-10H,4-6,11-13H2,1-3H3/p+1. The molecule has 18 heavy (non-hydrogen) atoms. The topological polar surface area (TPSA) is 22.9 Å². The van der Waals surface area contributed by atoms with Crippen molar-refractivity contribution >= 4 is 0 Å². The highest BCUT2D eigenvalue weighted by Gasteiger charge is 2.06. The summed E-state index contributed by atoms with van der Waals surface area (Å²) in [5, 5.41) is 0. The molecule has 1 aromatic carbocycles. The van der Waals surface area contributed by atoms with Crippen LogP contribution in [0.1, 0.15) is 27.2 Å². The van der Waals surface area contributed by atoms with Crippen LogP contribution in [0.2, 0.25) is 0 Å². The zero-order chi connectivity index (χ0) is 13.2. The van der Waals surface area contributed by atoms with Crippen LogP contribution in [0.4, 0.5) is 0 Å². The van der Waals surface area contributed by atoms with E-state index in [4.69, 9.17) is 9.47 Å². The number of hydrogen-bond acceptors (Lipinski definition) is 2. The van der Waals surface area contributed by atoms with Crippen LogP contribution in [0.15, 0.2) is 24.3 Å². The summed E-state index contributed by atoms with van der Waals surface area (Å²) in [6.45, 7) is 11.3. The molecule has 0 aliphatic carbocycles. The van der Waals surface area contributed by atoms with Gasteiger partial charge in [0.2, 0.25) is 0 Å². The van der Waals surface area contributed by atoms with Gasteiger partial charge in [0.05, 0.1) is 19.7 Å². The van der Waals surface area contributed by atoms with E-state index in [1.165, 1.54) is 0 Å². The molecule has 0 aliphatic heterocycles. The molecule has 0 aliphatic rings. The molecule has 1 rings (SSSR count). The second kappa shape index (κ2) is 8.81. The Hall–Kier alpha value is -1.22. The highest BCUT2D eigenvalue weighted by atomic mass is 16.5. The van der Waals surface area contributed by atoms with Gasteiger partial charge in [-0.05, 0) is 32.4 Å². The minimum Gasteiger partial charge on any atom is -0.490 e. The number of hydrogen-bond donors (Lipinski definition) is 1. The van der Waals surface area contributed by atoms with E-state index in [9.17, 15) is 0 Å². The maximum Gasteiger partial charge on any atom is 0.161 e. The molecule has 1 N–H and O–H groups in total. The van der Waals surface area contributed by atoms with Crippen LogP contribution in [0, 0.1) is 0 Å². The molecular weight excluding hydrogens is 226 g/mol. The fourth-order valence-electron chi connectivity index (χ4n) is 1.81. The second-order valence-electron chi connectivity index (χ2n) is 4.35. The first-order valence-corrected chi connectivity index (χ1v) is 6.99. The lowest BCUT2D eigenvalue weighted by molar-refractivity contribution is -0.896. The predicted molar refractivity (Wildman–Crippen MR) is 74.6 cm³/mol. The van der Waals surface area contributed by atoms with Crippen LogP contribution in [0.25, 0.3) is 0 Å². The van der Waals surface area contributed by atoms with Crippen molar-refractivity contribution in [1.29, 1.82) is 0 Å². The number of nitrogens with one attached hydrogen (secondary N) is 1. The summed E-state index contributed by atoms with van der Waals surface area (Å²) in [6.07, 6.45) is 1.01. The summed E-state index contributed by atoms with van der Waals surface area (Å²) >= 11 is 0. The fraction of sp³-hybridized carbons (Fsp3) is 0.600. The van der Waals surface area contributed by atoms with Gasteiger partial charge in [0, 0.05) is 0 Å². The van der Waals surface area contributed by atoms with Crippen molar-refractivity contribution in [3.8, 4) is 11.5 Å². The molecule has 102 valence electrons. The Bertz CT molecular complexity index is 324. The van der Waals surface area contributed by atoms with E-state index in [0.717, 1.165) is 50.8 Å². The highest BCUT2D eigenvalue weighted by molar-refractivity contribution is 5.39. The molecule has 0 spiro atoms. The van der Waals surface area contributed by atoms with Gasteiger partial charge in [0.15, 0.2) is 11.5 Å². The molecule has 0 heterocycles. The average Bonchev–Trinajstić information content (AvgIpc) is 2.42. The summed E-state index contributed by atoms with van der Waals surface area (Å²) in [6, 6.07) is 7.91. The summed E-state index contributed by atoms with van der Waals surface area (Å²) in [5.74, 6) is 1.71. The SMILES string of the molecule is CCCOc1ccccc1OCC[NH+](CC)CC. The highest BCUT2D eigenvalue weighted by Crippen LogP contribution is 2.26. The molecule has 0 atom stereocenters. The Labute approximate surface area is 111 Å². The van der Waals surface area contributed by atoms with E-state index in [0.29, 0.717) is 0 Å². The smallest absolute Gasteiger partial charge is 0.161 e. The van der Waals surface area contributed by atoms with Crippen molar-refractivity contribution in [3.63, 3.8) is 0 Å². The Balaban J connectivity index is 2.45. The van der Waals surface area contributed by atoms with Gasteiger partial charge in [0.1, 0.15) is 13.2 Å². The third-order valence-corrected chi connectivity index (χ3v) is 3.02. The summed E-state index contributed by atoms with van der Waals surface area (Å²) in [7, 11) is 0. The number of ether oxygens (including phenoxy) is 2. The van der Waals surface area contributed by atoms with Gasteiger partial charge in [-0.15, -0.1) is 0 Å². The third-order valence-electron chi connectivity index (χ3n) is 3.02. The van der Waals surface area contributed by atoms with Crippen LogP contribution in [-0.2, 0) is 0 Å². The van der Waals surface area contributed by atoms with E-state index in [-0.39, 0.29) is 0 Å². The molecule has 0 radical (unpaired) electrons. The Morgan fingerprint density at radius 3 is 1.94 bits per heavy atom. The largest absolute Gasteiger partial charge is 0.490 e.